The Morgan fingerprint density at radius 1 is 1.25 bits per heavy atom. The first-order chi connectivity index (χ1) is 7.63. The van der Waals surface area contributed by atoms with Crippen LogP contribution in [0.2, 0.25) is 0 Å². The maximum absolute atomic E-state index is 5.94. The molecule has 0 aromatic heterocycles. The van der Waals surface area contributed by atoms with Crippen molar-refractivity contribution < 1.29 is 4.74 Å². The molecule has 3 heteroatoms. The number of hydrogen-bond acceptors (Lipinski definition) is 3. The molecule has 2 unspecified atom stereocenters. The minimum absolute atomic E-state index is 0.138. The van der Waals surface area contributed by atoms with Crippen LogP contribution in [-0.4, -0.2) is 44.8 Å². The van der Waals surface area contributed by atoms with Gasteiger partial charge in [0.25, 0.3) is 0 Å². The molecule has 3 nitrogen and oxygen atoms in total. The quantitative estimate of drug-likeness (QED) is 0.625. The van der Waals surface area contributed by atoms with E-state index < -0.39 is 0 Å². The zero-order chi connectivity index (χ0) is 12.4. The van der Waals surface area contributed by atoms with Crippen LogP contribution in [0.25, 0.3) is 0 Å². The van der Waals surface area contributed by atoms with Gasteiger partial charge in [0.15, 0.2) is 0 Å². The summed E-state index contributed by atoms with van der Waals surface area (Å²) >= 11 is 0. The highest BCUT2D eigenvalue weighted by molar-refractivity contribution is 4.68. The zero-order valence-electron chi connectivity index (χ0n) is 11.5. The highest BCUT2D eigenvalue weighted by Gasteiger charge is 2.11. The van der Waals surface area contributed by atoms with Gasteiger partial charge in [0.05, 0.1) is 6.61 Å². The SMILES string of the molecule is CCCCC(CC)CN(C)CC(N)COC. The summed E-state index contributed by atoms with van der Waals surface area (Å²) < 4.78 is 5.05. The van der Waals surface area contributed by atoms with E-state index in [1.54, 1.807) is 7.11 Å². The molecule has 16 heavy (non-hydrogen) atoms. The summed E-state index contributed by atoms with van der Waals surface area (Å²) in [6.45, 7) is 7.27. The van der Waals surface area contributed by atoms with Crippen LogP contribution in [0.3, 0.4) is 0 Å². The summed E-state index contributed by atoms with van der Waals surface area (Å²) in [6, 6.07) is 0.138. The minimum Gasteiger partial charge on any atom is -0.383 e. The normalized spacial score (nSPS) is 15.4. The van der Waals surface area contributed by atoms with Gasteiger partial charge in [-0.15, -0.1) is 0 Å². The van der Waals surface area contributed by atoms with Crippen molar-refractivity contribution >= 4 is 0 Å². The van der Waals surface area contributed by atoms with Crippen LogP contribution >= 0.6 is 0 Å². The van der Waals surface area contributed by atoms with Crippen LogP contribution < -0.4 is 5.73 Å². The average molecular weight is 230 g/mol. The van der Waals surface area contributed by atoms with Crippen molar-refractivity contribution in [2.45, 2.75) is 45.6 Å². The number of rotatable bonds is 10. The molecule has 0 rings (SSSR count). The molecule has 0 spiro atoms. The number of nitrogens with zero attached hydrogens (tertiary/aromatic N) is 1. The molecule has 0 aromatic rings. The van der Waals surface area contributed by atoms with E-state index in [1.165, 1.54) is 25.7 Å². The summed E-state index contributed by atoms with van der Waals surface area (Å²) in [7, 11) is 3.86. The molecule has 0 radical (unpaired) electrons. The third kappa shape index (κ3) is 8.08. The molecule has 0 aliphatic heterocycles. The summed E-state index contributed by atoms with van der Waals surface area (Å²) in [5, 5.41) is 0. The van der Waals surface area contributed by atoms with Crippen LogP contribution in [0.5, 0.6) is 0 Å². The molecule has 0 aliphatic rings. The number of unbranched alkanes of at least 4 members (excludes halogenated alkanes) is 1. The Balaban J connectivity index is 3.76. The summed E-state index contributed by atoms with van der Waals surface area (Å²) in [6.07, 6.45) is 5.25. The Kier molecular flexibility index (Phi) is 9.99. The van der Waals surface area contributed by atoms with Gasteiger partial charge in [-0.3, -0.25) is 0 Å². The second kappa shape index (κ2) is 10.1. The van der Waals surface area contributed by atoms with Crippen molar-refractivity contribution in [2.24, 2.45) is 11.7 Å². The highest BCUT2D eigenvalue weighted by atomic mass is 16.5. The Morgan fingerprint density at radius 3 is 2.44 bits per heavy atom. The van der Waals surface area contributed by atoms with Gasteiger partial charge in [0, 0.05) is 26.2 Å². The smallest absolute Gasteiger partial charge is 0.0626 e. The molecule has 0 aliphatic carbocycles. The summed E-state index contributed by atoms with van der Waals surface area (Å²) in [5.41, 5.74) is 5.94. The van der Waals surface area contributed by atoms with Gasteiger partial charge in [-0.25, -0.2) is 0 Å². The van der Waals surface area contributed by atoms with Gasteiger partial charge in [-0.1, -0.05) is 33.1 Å². The molecule has 0 amide bonds. The Morgan fingerprint density at radius 2 is 1.94 bits per heavy atom. The van der Waals surface area contributed by atoms with Gasteiger partial charge in [-0.05, 0) is 19.4 Å². The van der Waals surface area contributed by atoms with Crippen molar-refractivity contribution in [2.75, 3.05) is 33.9 Å². The van der Waals surface area contributed by atoms with E-state index in [1.807, 2.05) is 0 Å². The molecule has 0 bridgehead atoms. The van der Waals surface area contributed by atoms with Crippen molar-refractivity contribution in [1.82, 2.24) is 4.90 Å². The van der Waals surface area contributed by atoms with Crippen LogP contribution in [0.4, 0.5) is 0 Å². The number of hydrogen-bond donors (Lipinski definition) is 1. The zero-order valence-corrected chi connectivity index (χ0v) is 11.5. The lowest BCUT2D eigenvalue weighted by atomic mass is 9.99. The fourth-order valence-electron chi connectivity index (χ4n) is 2.10. The average Bonchev–Trinajstić information content (AvgIpc) is 2.24. The van der Waals surface area contributed by atoms with Crippen LogP contribution in [0.15, 0.2) is 0 Å². The number of nitrogens with two attached hydrogens (primary N) is 1. The van der Waals surface area contributed by atoms with Crippen LogP contribution in [0.1, 0.15) is 39.5 Å². The predicted molar refractivity (Wildman–Crippen MR) is 70.7 cm³/mol. The first-order valence-electron chi connectivity index (χ1n) is 6.57. The van der Waals surface area contributed by atoms with E-state index in [0.29, 0.717) is 6.61 Å². The molecule has 0 saturated heterocycles. The third-order valence-electron chi connectivity index (χ3n) is 3.04. The lowest BCUT2D eigenvalue weighted by molar-refractivity contribution is 0.154. The number of ether oxygens (including phenoxy) is 1. The van der Waals surface area contributed by atoms with Gasteiger partial charge < -0.3 is 15.4 Å². The summed E-state index contributed by atoms with van der Waals surface area (Å²) in [4.78, 5) is 2.34. The maximum atomic E-state index is 5.94. The second-order valence-corrected chi connectivity index (χ2v) is 4.85. The first kappa shape index (κ1) is 15.9. The van der Waals surface area contributed by atoms with E-state index in [-0.39, 0.29) is 6.04 Å². The van der Waals surface area contributed by atoms with E-state index in [4.69, 9.17) is 10.5 Å². The van der Waals surface area contributed by atoms with Crippen molar-refractivity contribution in [3.05, 3.63) is 0 Å². The minimum atomic E-state index is 0.138. The molecule has 2 N–H and O–H groups in total. The fourth-order valence-corrected chi connectivity index (χ4v) is 2.10. The Hall–Kier alpha value is -0.120. The van der Waals surface area contributed by atoms with Crippen molar-refractivity contribution in [3.63, 3.8) is 0 Å². The number of methoxy groups -OCH3 is 1. The molecule has 0 saturated carbocycles. The van der Waals surface area contributed by atoms with Gasteiger partial charge in [0.1, 0.15) is 0 Å². The van der Waals surface area contributed by atoms with E-state index in [9.17, 15) is 0 Å². The first-order valence-corrected chi connectivity index (χ1v) is 6.57. The third-order valence-corrected chi connectivity index (χ3v) is 3.04. The second-order valence-electron chi connectivity index (χ2n) is 4.85. The molecule has 2 atom stereocenters. The van der Waals surface area contributed by atoms with Crippen molar-refractivity contribution in [3.8, 4) is 0 Å². The van der Waals surface area contributed by atoms with E-state index in [0.717, 1.165) is 19.0 Å². The van der Waals surface area contributed by atoms with E-state index >= 15 is 0 Å². The van der Waals surface area contributed by atoms with E-state index in [2.05, 4.69) is 25.8 Å². The highest BCUT2D eigenvalue weighted by Crippen LogP contribution is 2.13. The Bertz CT molecular complexity index is 153. The molecule has 0 heterocycles. The maximum Gasteiger partial charge on any atom is 0.0626 e. The van der Waals surface area contributed by atoms with Crippen molar-refractivity contribution in [1.29, 1.82) is 0 Å². The van der Waals surface area contributed by atoms with Gasteiger partial charge in [0.2, 0.25) is 0 Å². The molecule has 0 fully saturated rings. The van der Waals surface area contributed by atoms with Crippen LogP contribution in [-0.2, 0) is 4.74 Å². The number of likely N-dealkylation sites (N-methyl/N-ethyl adjacent to an activating group) is 1. The molecular formula is C13H30N2O. The van der Waals surface area contributed by atoms with Crippen LogP contribution in [0, 0.1) is 5.92 Å². The predicted octanol–water partition coefficient (Wildman–Crippen LogP) is 2.11. The lowest BCUT2D eigenvalue weighted by Gasteiger charge is -2.25. The molecule has 0 aromatic carbocycles. The lowest BCUT2D eigenvalue weighted by Crippen LogP contribution is -2.40. The summed E-state index contributed by atoms with van der Waals surface area (Å²) in [5.74, 6) is 0.819. The fraction of sp³-hybridized carbons (Fsp3) is 1.00. The Labute approximate surface area is 101 Å². The standard InChI is InChI=1S/C13H30N2O/c1-5-7-8-12(6-2)9-15(3)10-13(14)11-16-4/h12-13H,5-11,14H2,1-4H3. The van der Waals surface area contributed by atoms with Gasteiger partial charge >= 0.3 is 0 Å². The van der Waals surface area contributed by atoms with Gasteiger partial charge in [-0.2, -0.15) is 0 Å². The topological polar surface area (TPSA) is 38.5 Å². The largest absolute Gasteiger partial charge is 0.383 e. The molecular weight excluding hydrogens is 200 g/mol. The molecule has 98 valence electrons. The monoisotopic (exact) mass is 230 g/mol.